The smallest absolute Gasteiger partial charge is 0.0621 e. The molecule has 19 heavy (non-hydrogen) atoms. The number of alkyl halides is 1. The average molecular weight is 294 g/mol. The number of hydrogen-bond donors (Lipinski definition) is 0. The molecule has 1 unspecified atom stereocenters. The largest absolute Gasteiger partial charge is 0.263 e. The van der Waals surface area contributed by atoms with Gasteiger partial charge in [0.05, 0.1) is 5.02 Å². The van der Waals surface area contributed by atoms with Crippen molar-refractivity contribution in [2.24, 2.45) is 0 Å². The van der Waals surface area contributed by atoms with Crippen LogP contribution in [0.2, 0.25) is 5.02 Å². The van der Waals surface area contributed by atoms with Crippen LogP contribution in [0.25, 0.3) is 0 Å². The molecule has 1 aromatic carbocycles. The van der Waals surface area contributed by atoms with Crippen LogP contribution in [0.1, 0.15) is 23.1 Å². The molecule has 2 aromatic rings. The van der Waals surface area contributed by atoms with E-state index < -0.39 is 0 Å². The SMILES string of the molecule is Cc1ccccc1CCC(Cl)Cc1ccncc1Cl. The van der Waals surface area contributed by atoms with Crippen molar-refractivity contribution in [3.63, 3.8) is 0 Å². The quantitative estimate of drug-likeness (QED) is 0.720. The highest BCUT2D eigenvalue weighted by molar-refractivity contribution is 6.31. The van der Waals surface area contributed by atoms with Gasteiger partial charge in [0.1, 0.15) is 0 Å². The van der Waals surface area contributed by atoms with Gasteiger partial charge >= 0.3 is 0 Å². The first-order valence-electron chi connectivity index (χ1n) is 6.44. The van der Waals surface area contributed by atoms with E-state index in [1.165, 1.54) is 11.1 Å². The fourth-order valence-electron chi connectivity index (χ4n) is 2.11. The molecule has 3 heteroatoms. The van der Waals surface area contributed by atoms with Gasteiger partial charge in [-0.2, -0.15) is 0 Å². The molecule has 0 aliphatic carbocycles. The van der Waals surface area contributed by atoms with Gasteiger partial charge in [-0.1, -0.05) is 35.9 Å². The number of halogens is 2. The number of rotatable bonds is 5. The second kappa shape index (κ2) is 6.93. The summed E-state index contributed by atoms with van der Waals surface area (Å²) in [6.45, 7) is 2.14. The summed E-state index contributed by atoms with van der Waals surface area (Å²) in [5.74, 6) is 0. The van der Waals surface area contributed by atoms with Gasteiger partial charge in [0, 0.05) is 17.8 Å². The fraction of sp³-hybridized carbons (Fsp3) is 0.312. The molecule has 0 bridgehead atoms. The number of benzene rings is 1. The summed E-state index contributed by atoms with van der Waals surface area (Å²) < 4.78 is 0. The van der Waals surface area contributed by atoms with Gasteiger partial charge in [0.15, 0.2) is 0 Å². The average Bonchev–Trinajstić information content (AvgIpc) is 2.40. The van der Waals surface area contributed by atoms with E-state index in [2.05, 4.69) is 36.2 Å². The first kappa shape index (κ1) is 14.4. The number of hydrogen-bond acceptors (Lipinski definition) is 1. The number of aryl methyl sites for hydroxylation is 2. The van der Waals surface area contributed by atoms with Crippen LogP contribution in [0, 0.1) is 6.92 Å². The molecule has 0 spiro atoms. The fourth-order valence-corrected chi connectivity index (χ4v) is 2.58. The molecular formula is C16H17Cl2N. The molecule has 0 amide bonds. The molecule has 0 saturated heterocycles. The second-order valence-electron chi connectivity index (χ2n) is 4.73. The van der Waals surface area contributed by atoms with E-state index in [1.807, 2.05) is 6.07 Å². The van der Waals surface area contributed by atoms with Gasteiger partial charge in [0.25, 0.3) is 0 Å². The van der Waals surface area contributed by atoms with Gasteiger partial charge in [-0.15, -0.1) is 11.6 Å². The van der Waals surface area contributed by atoms with E-state index in [9.17, 15) is 0 Å². The van der Waals surface area contributed by atoms with Gasteiger partial charge < -0.3 is 0 Å². The van der Waals surface area contributed by atoms with E-state index in [1.54, 1.807) is 12.4 Å². The van der Waals surface area contributed by atoms with E-state index in [4.69, 9.17) is 23.2 Å². The highest BCUT2D eigenvalue weighted by Crippen LogP contribution is 2.20. The lowest BCUT2D eigenvalue weighted by atomic mass is 10.0. The van der Waals surface area contributed by atoms with Crippen LogP contribution < -0.4 is 0 Å². The summed E-state index contributed by atoms with van der Waals surface area (Å²) in [6, 6.07) is 10.4. The van der Waals surface area contributed by atoms with Crippen LogP contribution in [-0.2, 0) is 12.8 Å². The van der Waals surface area contributed by atoms with E-state index in [-0.39, 0.29) is 5.38 Å². The van der Waals surface area contributed by atoms with Crippen molar-refractivity contribution in [2.75, 3.05) is 0 Å². The Morgan fingerprint density at radius 3 is 2.68 bits per heavy atom. The van der Waals surface area contributed by atoms with Crippen molar-refractivity contribution in [3.05, 3.63) is 64.4 Å². The number of pyridine rings is 1. The maximum absolute atomic E-state index is 6.41. The summed E-state index contributed by atoms with van der Waals surface area (Å²) in [5, 5.41) is 0.795. The topological polar surface area (TPSA) is 12.9 Å². The Balaban J connectivity index is 1.90. The van der Waals surface area contributed by atoms with Gasteiger partial charge in [0.2, 0.25) is 0 Å². The summed E-state index contributed by atoms with van der Waals surface area (Å²) in [5.41, 5.74) is 3.77. The van der Waals surface area contributed by atoms with Crippen LogP contribution in [0.5, 0.6) is 0 Å². The second-order valence-corrected chi connectivity index (χ2v) is 5.76. The molecule has 2 rings (SSSR count). The lowest BCUT2D eigenvalue weighted by Crippen LogP contribution is -2.06. The normalized spacial score (nSPS) is 12.4. The highest BCUT2D eigenvalue weighted by Gasteiger charge is 2.09. The zero-order valence-corrected chi connectivity index (χ0v) is 12.5. The third kappa shape index (κ3) is 4.22. The third-order valence-corrected chi connectivity index (χ3v) is 4.00. The molecule has 1 aromatic heterocycles. The summed E-state index contributed by atoms with van der Waals surface area (Å²) in [7, 11) is 0. The lowest BCUT2D eigenvalue weighted by molar-refractivity contribution is 0.740. The van der Waals surface area contributed by atoms with Crippen LogP contribution in [0.4, 0.5) is 0 Å². The van der Waals surface area contributed by atoms with E-state index in [0.717, 1.165) is 24.8 Å². The highest BCUT2D eigenvalue weighted by atomic mass is 35.5. The minimum Gasteiger partial charge on any atom is -0.263 e. The van der Waals surface area contributed by atoms with Crippen LogP contribution >= 0.6 is 23.2 Å². The predicted molar refractivity (Wildman–Crippen MR) is 82.1 cm³/mol. The summed E-state index contributed by atoms with van der Waals surface area (Å²) in [6.07, 6.45) is 6.16. The van der Waals surface area contributed by atoms with Crippen LogP contribution in [0.15, 0.2) is 42.7 Å². The Kier molecular flexibility index (Phi) is 5.24. The summed E-state index contributed by atoms with van der Waals surface area (Å²) >= 11 is 12.5. The van der Waals surface area contributed by atoms with Gasteiger partial charge in [-0.25, -0.2) is 0 Å². The lowest BCUT2D eigenvalue weighted by Gasteiger charge is -2.11. The van der Waals surface area contributed by atoms with Gasteiger partial charge in [-0.3, -0.25) is 4.98 Å². The Hall–Kier alpha value is -1.05. The van der Waals surface area contributed by atoms with E-state index in [0.29, 0.717) is 5.02 Å². The first-order valence-corrected chi connectivity index (χ1v) is 7.25. The summed E-state index contributed by atoms with van der Waals surface area (Å²) in [4.78, 5) is 3.98. The van der Waals surface area contributed by atoms with Crippen molar-refractivity contribution < 1.29 is 0 Å². The Morgan fingerprint density at radius 1 is 1.16 bits per heavy atom. The monoisotopic (exact) mass is 293 g/mol. The minimum atomic E-state index is 0.0968. The molecule has 1 nitrogen and oxygen atoms in total. The molecule has 0 saturated carbocycles. The zero-order chi connectivity index (χ0) is 13.7. The Morgan fingerprint density at radius 2 is 1.95 bits per heavy atom. The Bertz CT molecular complexity index is 540. The Labute approximate surface area is 124 Å². The maximum Gasteiger partial charge on any atom is 0.0621 e. The van der Waals surface area contributed by atoms with E-state index >= 15 is 0 Å². The molecule has 1 heterocycles. The first-order chi connectivity index (χ1) is 9.16. The number of nitrogens with zero attached hydrogens (tertiary/aromatic N) is 1. The van der Waals surface area contributed by atoms with Crippen LogP contribution in [0.3, 0.4) is 0 Å². The molecule has 1 atom stereocenters. The molecule has 0 aliphatic heterocycles. The van der Waals surface area contributed by atoms with Crippen LogP contribution in [-0.4, -0.2) is 10.4 Å². The predicted octanol–water partition coefficient (Wildman–Crippen LogP) is 4.83. The third-order valence-electron chi connectivity index (χ3n) is 3.29. The van der Waals surface area contributed by atoms with Gasteiger partial charge in [-0.05, 0) is 48.9 Å². The van der Waals surface area contributed by atoms with Crippen molar-refractivity contribution in [3.8, 4) is 0 Å². The number of aromatic nitrogens is 1. The van der Waals surface area contributed by atoms with Crippen molar-refractivity contribution in [1.82, 2.24) is 4.98 Å². The zero-order valence-electron chi connectivity index (χ0n) is 10.9. The van der Waals surface area contributed by atoms with Crippen molar-refractivity contribution >= 4 is 23.2 Å². The van der Waals surface area contributed by atoms with Crippen molar-refractivity contribution in [2.45, 2.75) is 31.6 Å². The minimum absolute atomic E-state index is 0.0968. The standard InChI is InChI=1S/C16H17Cl2N/c1-12-4-2-3-5-13(12)6-7-15(17)10-14-8-9-19-11-16(14)18/h2-5,8-9,11,15H,6-7,10H2,1H3. The molecule has 0 fully saturated rings. The molecule has 0 aliphatic rings. The molecular weight excluding hydrogens is 277 g/mol. The molecule has 100 valence electrons. The maximum atomic E-state index is 6.41. The van der Waals surface area contributed by atoms with Crippen molar-refractivity contribution in [1.29, 1.82) is 0 Å². The molecule has 0 N–H and O–H groups in total. The molecule has 0 radical (unpaired) electrons.